The van der Waals surface area contributed by atoms with Gasteiger partial charge in [0, 0.05) is 11.8 Å². The van der Waals surface area contributed by atoms with Crippen molar-refractivity contribution >= 4 is 12.0 Å². The molecule has 1 N–H and O–H groups in total. The predicted molar refractivity (Wildman–Crippen MR) is 56.2 cm³/mol. The SMILES string of the molecule is COc1ccccc1C=CNC(=O)C(F)(F)F. The Balaban J connectivity index is 2.69. The number of rotatable bonds is 3. The third-order valence-corrected chi connectivity index (χ3v) is 1.87. The number of hydrogen-bond donors (Lipinski definition) is 1. The Morgan fingerprint density at radius 3 is 2.59 bits per heavy atom. The summed E-state index contributed by atoms with van der Waals surface area (Å²) in [5.74, 6) is -1.51. The van der Waals surface area contributed by atoms with Crippen molar-refractivity contribution < 1.29 is 22.7 Å². The summed E-state index contributed by atoms with van der Waals surface area (Å²) >= 11 is 0. The van der Waals surface area contributed by atoms with E-state index in [0.29, 0.717) is 11.3 Å². The minimum Gasteiger partial charge on any atom is -0.496 e. The summed E-state index contributed by atoms with van der Waals surface area (Å²) in [4.78, 5) is 10.5. The molecule has 1 rings (SSSR count). The number of para-hydroxylation sites is 1. The molecule has 0 saturated heterocycles. The van der Waals surface area contributed by atoms with Crippen molar-refractivity contribution in [1.82, 2.24) is 5.32 Å². The third kappa shape index (κ3) is 3.82. The molecule has 0 heterocycles. The van der Waals surface area contributed by atoms with Crippen LogP contribution in [0.15, 0.2) is 30.5 Å². The summed E-state index contributed by atoms with van der Waals surface area (Å²) < 4.78 is 40.5. The number of ether oxygens (including phenoxy) is 1. The van der Waals surface area contributed by atoms with Gasteiger partial charge in [-0.2, -0.15) is 13.2 Å². The van der Waals surface area contributed by atoms with E-state index < -0.39 is 12.1 Å². The first kappa shape index (κ1) is 13.1. The van der Waals surface area contributed by atoms with E-state index in [0.717, 1.165) is 6.20 Å². The average Bonchev–Trinajstić information content (AvgIpc) is 2.28. The van der Waals surface area contributed by atoms with Crippen molar-refractivity contribution in [3.05, 3.63) is 36.0 Å². The van der Waals surface area contributed by atoms with Crippen molar-refractivity contribution in [3.63, 3.8) is 0 Å². The number of carbonyl (C=O) groups is 1. The molecule has 0 aromatic heterocycles. The van der Waals surface area contributed by atoms with Gasteiger partial charge in [0.25, 0.3) is 0 Å². The molecule has 1 aromatic carbocycles. The average molecular weight is 245 g/mol. The number of hydrogen-bond acceptors (Lipinski definition) is 2. The van der Waals surface area contributed by atoms with Gasteiger partial charge in [0.1, 0.15) is 5.75 Å². The van der Waals surface area contributed by atoms with Crippen molar-refractivity contribution in [3.8, 4) is 5.75 Å². The first-order chi connectivity index (χ1) is 7.95. The maximum absolute atomic E-state index is 11.8. The summed E-state index contributed by atoms with van der Waals surface area (Å²) in [6.07, 6.45) is -2.64. The van der Waals surface area contributed by atoms with Crippen LogP contribution < -0.4 is 10.1 Å². The van der Waals surface area contributed by atoms with Crippen LogP contribution in [0.5, 0.6) is 5.75 Å². The number of amides is 1. The Morgan fingerprint density at radius 2 is 2.00 bits per heavy atom. The van der Waals surface area contributed by atoms with Crippen LogP contribution in [0.3, 0.4) is 0 Å². The van der Waals surface area contributed by atoms with Crippen LogP contribution in [0, 0.1) is 0 Å². The number of halogens is 3. The fraction of sp³-hybridized carbons (Fsp3) is 0.182. The normalized spacial score (nSPS) is 11.5. The van der Waals surface area contributed by atoms with Gasteiger partial charge in [0.2, 0.25) is 0 Å². The van der Waals surface area contributed by atoms with Gasteiger partial charge < -0.3 is 10.1 Å². The molecule has 0 fully saturated rings. The van der Waals surface area contributed by atoms with Crippen molar-refractivity contribution in [1.29, 1.82) is 0 Å². The highest BCUT2D eigenvalue weighted by Gasteiger charge is 2.37. The number of methoxy groups -OCH3 is 1. The van der Waals surface area contributed by atoms with Crippen LogP contribution >= 0.6 is 0 Å². The Morgan fingerprint density at radius 1 is 1.35 bits per heavy atom. The zero-order valence-electron chi connectivity index (χ0n) is 8.91. The Hall–Kier alpha value is -1.98. The molecule has 0 aliphatic carbocycles. The standard InChI is InChI=1S/C11H10F3NO2/c1-17-9-5-3-2-4-8(9)6-7-15-10(16)11(12,13)14/h2-7H,1H3,(H,15,16). The van der Waals surface area contributed by atoms with Gasteiger partial charge in [0.15, 0.2) is 0 Å². The molecule has 17 heavy (non-hydrogen) atoms. The summed E-state index contributed by atoms with van der Waals surface area (Å²) in [7, 11) is 1.45. The smallest absolute Gasteiger partial charge is 0.471 e. The largest absolute Gasteiger partial charge is 0.496 e. The number of benzene rings is 1. The first-order valence-electron chi connectivity index (χ1n) is 4.62. The molecule has 0 aliphatic rings. The van der Waals surface area contributed by atoms with Gasteiger partial charge in [-0.3, -0.25) is 4.79 Å². The molecule has 1 amide bonds. The van der Waals surface area contributed by atoms with E-state index in [1.165, 1.54) is 13.2 Å². The molecule has 6 heteroatoms. The van der Waals surface area contributed by atoms with Crippen LogP contribution in [0.4, 0.5) is 13.2 Å². The highest BCUT2D eigenvalue weighted by molar-refractivity contribution is 5.83. The molecule has 1 aromatic rings. The summed E-state index contributed by atoms with van der Waals surface area (Å²) in [6.45, 7) is 0. The fourth-order valence-corrected chi connectivity index (χ4v) is 1.09. The van der Waals surface area contributed by atoms with Crippen LogP contribution in [0.1, 0.15) is 5.56 Å². The van der Waals surface area contributed by atoms with Crippen LogP contribution in [-0.2, 0) is 4.79 Å². The van der Waals surface area contributed by atoms with Gasteiger partial charge in [-0.05, 0) is 12.1 Å². The van der Waals surface area contributed by atoms with Crippen LogP contribution in [0.25, 0.3) is 6.08 Å². The van der Waals surface area contributed by atoms with E-state index in [1.807, 2.05) is 0 Å². The third-order valence-electron chi connectivity index (χ3n) is 1.87. The van der Waals surface area contributed by atoms with Gasteiger partial charge in [0.05, 0.1) is 7.11 Å². The van der Waals surface area contributed by atoms with Gasteiger partial charge in [-0.25, -0.2) is 0 Å². The Labute approximate surface area is 95.9 Å². The first-order valence-corrected chi connectivity index (χ1v) is 4.62. The molecular weight excluding hydrogens is 235 g/mol. The molecule has 0 spiro atoms. The maximum Gasteiger partial charge on any atom is 0.471 e. The fourth-order valence-electron chi connectivity index (χ4n) is 1.09. The molecule has 0 unspecified atom stereocenters. The van der Waals surface area contributed by atoms with Crippen molar-refractivity contribution in [2.45, 2.75) is 6.18 Å². The van der Waals surface area contributed by atoms with Crippen molar-refractivity contribution in [2.24, 2.45) is 0 Å². The van der Waals surface area contributed by atoms with Crippen LogP contribution in [-0.4, -0.2) is 19.2 Å². The van der Waals surface area contributed by atoms with Gasteiger partial charge >= 0.3 is 12.1 Å². The highest BCUT2D eigenvalue weighted by atomic mass is 19.4. The lowest BCUT2D eigenvalue weighted by Gasteiger charge is -2.05. The van der Waals surface area contributed by atoms with Crippen LogP contribution in [0.2, 0.25) is 0 Å². The second-order valence-corrected chi connectivity index (χ2v) is 3.05. The minimum absolute atomic E-state index is 0.505. The van der Waals surface area contributed by atoms with E-state index in [2.05, 4.69) is 0 Å². The summed E-state index contributed by atoms with van der Waals surface area (Å²) in [5.41, 5.74) is 0.567. The van der Waals surface area contributed by atoms with Gasteiger partial charge in [-0.15, -0.1) is 0 Å². The molecule has 0 atom stereocenters. The number of nitrogens with one attached hydrogen (secondary N) is 1. The van der Waals surface area contributed by atoms with E-state index in [4.69, 9.17) is 4.74 Å². The number of alkyl halides is 3. The maximum atomic E-state index is 11.8. The number of carbonyl (C=O) groups excluding carboxylic acids is 1. The van der Waals surface area contributed by atoms with Gasteiger partial charge in [-0.1, -0.05) is 18.2 Å². The minimum atomic E-state index is -4.88. The Kier molecular flexibility index (Phi) is 4.14. The molecule has 0 aliphatic heterocycles. The molecular formula is C11H10F3NO2. The van der Waals surface area contributed by atoms with E-state index >= 15 is 0 Å². The van der Waals surface area contributed by atoms with E-state index in [-0.39, 0.29) is 0 Å². The Bertz CT molecular complexity index is 427. The highest BCUT2D eigenvalue weighted by Crippen LogP contribution is 2.18. The zero-order chi connectivity index (χ0) is 12.9. The summed E-state index contributed by atoms with van der Waals surface area (Å²) in [6, 6.07) is 6.73. The lowest BCUT2D eigenvalue weighted by Crippen LogP contribution is -2.33. The monoisotopic (exact) mass is 245 g/mol. The molecule has 0 bridgehead atoms. The zero-order valence-corrected chi connectivity index (χ0v) is 8.91. The topological polar surface area (TPSA) is 38.3 Å². The lowest BCUT2D eigenvalue weighted by atomic mass is 10.2. The predicted octanol–water partition coefficient (Wildman–Crippen LogP) is 2.34. The van der Waals surface area contributed by atoms with Crippen molar-refractivity contribution in [2.75, 3.05) is 7.11 Å². The molecule has 3 nitrogen and oxygen atoms in total. The molecule has 0 radical (unpaired) electrons. The van der Waals surface area contributed by atoms with E-state index in [9.17, 15) is 18.0 Å². The molecule has 92 valence electrons. The quantitative estimate of drug-likeness (QED) is 0.887. The second kappa shape index (κ2) is 5.38. The second-order valence-electron chi connectivity index (χ2n) is 3.05. The summed E-state index contributed by atoms with van der Waals surface area (Å²) in [5, 5.41) is 1.62. The lowest BCUT2D eigenvalue weighted by molar-refractivity contribution is -0.172. The van der Waals surface area contributed by atoms with E-state index in [1.54, 1.807) is 29.6 Å². The molecule has 0 saturated carbocycles.